The summed E-state index contributed by atoms with van der Waals surface area (Å²) in [7, 11) is 1.52. The van der Waals surface area contributed by atoms with E-state index in [1.165, 1.54) is 7.11 Å². The summed E-state index contributed by atoms with van der Waals surface area (Å²) in [6.45, 7) is 5.70. The quantitative estimate of drug-likeness (QED) is 0.258. The van der Waals surface area contributed by atoms with Gasteiger partial charge in [0.05, 0.1) is 18.2 Å². The van der Waals surface area contributed by atoms with Gasteiger partial charge in [0.1, 0.15) is 17.0 Å². The van der Waals surface area contributed by atoms with Crippen LogP contribution in [0.5, 0.6) is 11.5 Å². The van der Waals surface area contributed by atoms with Crippen LogP contribution in [0, 0.1) is 13.8 Å². The van der Waals surface area contributed by atoms with Crippen molar-refractivity contribution < 1.29 is 19.1 Å². The lowest BCUT2D eigenvalue weighted by molar-refractivity contribution is 0.0974. The number of aromatic nitrogens is 1. The van der Waals surface area contributed by atoms with Gasteiger partial charge in [0, 0.05) is 5.69 Å². The molecule has 1 heterocycles. The normalized spacial score (nSPS) is 10.8. The maximum Gasteiger partial charge on any atom is 0.261 e. The summed E-state index contributed by atoms with van der Waals surface area (Å²) in [5.41, 5.74) is 5.33. The molecule has 0 unspecified atom stereocenters. The second-order valence-corrected chi connectivity index (χ2v) is 8.34. The summed E-state index contributed by atoms with van der Waals surface area (Å²) >= 11 is 5.36. The van der Waals surface area contributed by atoms with Gasteiger partial charge in [0.15, 0.2) is 10.7 Å². The highest BCUT2D eigenvalue weighted by molar-refractivity contribution is 7.80. The average molecular weight is 476 g/mol. The number of hydrogen-bond acceptors (Lipinski definition) is 6. The molecule has 1 amide bonds. The molecule has 0 saturated heterocycles. The molecule has 174 valence electrons. The third kappa shape index (κ3) is 4.58. The Kier molecular flexibility index (Phi) is 6.51. The number of aromatic hydroxyl groups is 1. The Bertz CT molecular complexity index is 1410. The molecule has 8 heteroatoms. The molecule has 7 nitrogen and oxygen atoms in total. The average Bonchev–Trinajstić information content (AvgIpc) is 3.24. The van der Waals surface area contributed by atoms with Crippen LogP contribution in [-0.2, 0) is 6.42 Å². The fourth-order valence-electron chi connectivity index (χ4n) is 3.76. The van der Waals surface area contributed by atoms with Crippen molar-refractivity contribution in [2.45, 2.75) is 27.2 Å². The van der Waals surface area contributed by atoms with E-state index in [0.29, 0.717) is 39.6 Å². The number of nitrogens with one attached hydrogen (secondary N) is 2. The topological polar surface area (TPSA) is 96.6 Å². The summed E-state index contributed by atoms with van der Waals surface area (Å²) in [5.74, 6) is 0.464. The van der Waals surface area contributed by atoms with Gasteiger partial charge < -0.3 is 19.6 Å². The van der Waals surface area contributed by atoms with E-state index >= 15 is 0 Å². The number of rotatable bonds is 5. The number of benzene rings is 3. The van der Waals surface area contributed by atoms with Gasteiger partial charge in [0.25, 0.3) is 5.91 Å². The van der Waals surface area contributed by atoms with Crippen LogP contribution in [0.15, 0.2) is 52.9 Å². The summed E-state index contributed by atoms with van der Waals surface area (Å²) in [4.78, 5) is 17.3. The van der Waals surface area contributed by atoms with E-state index in [4.69, 9.17) is 21.4 Å². The van der Waals surface area contributed by atoms with Crippen LogP contribution >= 0.6 is 12.2 Å². The molecule has 1 aromatic heterocycles. The number of ether oxygens (including phenoxy) is 1. The van der Waals surface area contributed by atoms with Crippen molar-refractivity contribution in [1.29, 1.82) is 0 Å². The Labute approximate surface area is 202 Å². The molecule has 0 fully saturated rings. The molecule has 0 atom stereocenters. The smallest absolute Gasteiger partial charge is 0.261 e. The van der Waals surface area contributed by atoms with Crippen LogP contribution in [0.1, 0.15) is 34.0 Å². The maximum atomic E-state index is 12.8. The van der Waals surface area contributed by atoms with Crippen molar-refractivity contribution >= 4 is 40.0 Å². The lowest BCUT2D eigenvalue weighted by Crippen LogP contribution is -2.34. The molecule has 3 N–H and O–H groups in total. The Morgan fingerprint density at radius 3 is 2.68 bits per heavy atom. The lowest BCUT2D eigenvalue weighted by atomic mass is 10.1. The number of carbonyl (C=O) groups excluding carboxylic acids is 1. The minimum absolute atomic E-state index is 0.0623. The van der Waals surface area contributed by atoms with Crippen LogP contribution < -0.4 is 15.4 Å². The SMILES string of the molecule is CCc1ccc2oc(-c3cc(NC(=S)NC(=O)c4cccc(C)c4OC)cc(C)c3O)nc2c1. The van der Waals surface area contributed by atoms with E-state index in [1.54, 1.807) is 31.2 Å². The Balaban J connectivity index is 1.58. The van der Waals surface area contributed by atoms with Crippen molar-refractivity contribution in [3.8, 4) is 23.0 Å². The van der Waals surface area contributed by atoms with Crippen LogP contribution in [0.2, 0.25) is 0 Å². The van der Waals surface area contributed by atoms with Crippen molar-refractivity contribution in [2.24, 2.45) is 0 Å². The fraction of sp³-hybridized carbons (Fsp3) is 0.192. The number of phenols is 1. The molecule has 0 aliphatic rings. The first kappa shape index (κ1) is 23.3. The number of fused-ring (bicyclic) bond motifs is 1. The summed E-state index contributed by atoms with van der Waals surface area (Å²) in [6, 6.07) is 14.6. The number of thiocarbonyl (C=S) groups is 1. The van der Waals surface area contributed by atoms with E-state index in [-0.39, 0.29) is 16.8 Å². The van der Waals surface area contributed by atoms with Crippen molar-refractivity contribution in [1.82, 2.24) is 10.3 Å². The van der Waals surface area contributed by atoms with Crippen molar-refractivity contribution in [2.75, 3.05) is 12.4 Å². The highest BCUT2D eigenvalue weighted by Gasteiger charge is 2.18. The second-order valence-electron chi connectivity index (χ2n) is 7.93. The van der Waals surface area contributed by atoms with Gasteiger partial charge in [-0.1, -0.05) is 25.1 Å². The lowest BCUT2D eigenvalue weighted by Gasteiger charge is -2.14. The second kappa shape index (κ2) is 9.52. The molecule has 34 heavy (non-hydrogen) atoms. The van der Waals surface area contributed by atoms with Gasteiger partial charge in [-0.15, -0.1) is 0 Å². The number of anilines is 1. The number of aryl methyl sites for hydroxylation is 3. The minimum atomic E-state index is -0.389. The van der Waals surface area contributed by atoms with Crippen molar-refractivity contribution in [3.63, 3.8) is 0 Å². The van der Waals surface area contributed by atoms with Gasteiger partial charge >= 0.3 is 0 Å². The van der Waals surface area contributed by atoms with Gasteiger partial charge in [-0.3, -0.25) is 10.1 Å². The summed E-state index contributed by atoms with van der Waals surface area (Å²) in [5, 5.41) is 16.5. The number of nitrogens with zero attached hydrogens (tertiary/aromatic N) is 1. The Hall–Kier alpha value is -3.91. The highest BCUT2D eigenvalue weighted by atomic mass is 32.1. The molecule has 0 radical (unpaired) electrons. The molecule has 0 aliphatic heterocycles. The van der Waals surface area contributed by atoms with E-state index in [2.05, 4.69) is 22.5 Å². The van der Waals surface area contributed by atoms with Crippen LogP contribution in [0.25, 0.3) is 22.6 Å². The molecule has 0 bridgehead atoms. The largest absolute Gasteiger partial charge is 0.507 e. The van der Waals surface area contributed by atoms with Crippen LogP contribution in [0.4, 0.5) is 5.69 Å². The van der Waals surface area contributed by atoms with E-state index in [9.17, 15) is 9.90 Å². The van der Waals surface area contributed by atoms with Gasteiger partial charge in [0.2, 0.25) is 5.89 Å². The number of carbonyl (C=O) groups is 1. The summed E-state index contributed by atoms with van der Waals surface area (Å²) in [6.07, 6.45) is 0.888. The Morgan fingerprint density at radius 2 is 1.94 bits per heavy atom. The number of para-hydroxylation sites is 1. The zero-order valence-corrected chi connectivity index (χ0v) is 20.2. The molecule has 4 aromatic rings. The molecular formula is C26H25N3O4S. The van der Waals surface area contributed by atoms with Gasteiger partial charge in [-0.25, -0.2) is 4.98 Å². The molecule has 0 saturated carbocycles. The number of amides is 1. The summed E-state index contributed by atoms with van der Waals surface area (Å²) < 4.78 is 11.3. The van der Waals surface area contributed by atoms with Crippen molar-refractivity contribution in [3.05, 3.63) is 70.8 Å². The first-order valence-electron chi connectivity index (χ1n) is 10.8. The first-order chi connectivity index (χ1) is 16.3. The first-order valence-corrected chi connectivity index (χ1v) is 11.2. The molecule has 4 rings (SSSR count). The molecule has 3 aromatic carbocycles. The van der Waals surface area contributed by atoms with Gasteiger partial charge in [-0.2, -0.15) is 0 Å². The third-order valence-electron chi connectivity index (χ3n) is 5.54. The van der Waals surface area contributed by atoms with E-state index in [1.807, 2.05) is 31.2 Å². The fourth-order valence-corrected chi connectivity index (χ4v) is 3.97. The predicted molar refractivity (Wildman–Crippen MR) is 137 cm³/mol. The maximum absolute atomic E-state index is 12.8. The number of oxazole rings is 1. The standard InChI is InChI=1S/C26H25N3O4S/c1-5-16-9-10-21-20(12-16)28-25(33-21)19-13-17(11-15(3)22(19)30)27-26(34)29-24(31)18-8-6-7-14(2)23(18)32-4/h6-13,30H,5H2,1-4H3,(H2,27,29,31,34). The monoisotopic (exact) mass is 475 g/mol. The van der Waals surface area contributed by atoms with E-state index in [0.717, 1.165) is 23.1 Å². The van der Waals surface area contributed by atoms with E-state index < -0.39 is 0 Å². The van der Waals surface area contributed by atoms with Gasteiger partial charge in [-0.05, 0) is 79.5 Å². The van der Waals surface area contributed by atoms with Crippen LogP contribution in [0.3, 0.4) is 0 Å². The zero-order valence-electron chi connectivity index (χ0n) is 19.4. The minimum Gasteiger partial charge on any atom is -0.507 e. The number of hydrogen-bond donors (Lipinski definition) is 3. The van der Waals surface area contributed by atoms with Crippen LogP contribution in [-0.4, -0.2) is 28.2 Å². The number of methoxy groups -OCH3 is 1. The molecular weight excluding hydrogens is 450 g/mol. The highest BCUT2D eigenvalue weighted by Crippen LogP contribution is 2.36. The zero-order chi connectivity index (χ0) is 24.4. The predicted octanol–water partition coefficient (Wildman–Crippen LogP) is 5.52. The Morgan fingerprint density at radius 1 is 1.15 bits per heavy atom. The number of phenolic OH excluding ortho intramolecular Hbond substituents is 1. The molecule has 0 spiro atoms. The third-order valence-corrected chi connectivity index (χ3v) is 5.74. The molecule has 0 aliphatic carbocycles.